The Labute approximate surface area is 115 Å². The number of hydrogen-bond acceptors (Lipinski definition) is 2. The van der Waals surface area contributed by atoms with Crippen molar-refractivity contribution in [3.63, 3.8) is 0 Å². The molecule has 3 nitrogen and oxygen atoms in total. The van der Waals surface area contributed by atoms with E-state index in [9.17, 15) is 5.11 Å². The molecule has 19 heavy (non-hydrogen) atoms. The van der Waals surface area contributed by atoms with Crippen LogP contribution in [0.4, 0.5) is 0 Å². The molecule has 1 N–H and O–H groups in total. The molecule has 0 saturated heterocycles. The Morgan fingerprint density at radius 2 is 1.84 bits per heavy atom. The van der Waals surface area contributed by atoms with Crippen molar-refractivity contribution in [2.75, 3.05) is 0 Å². The lowest BCUT2D eigenvalue weighted by atomic mass is 9.48. The van der Waals surface area contributed by atoms with E-state index in [1.54, 1.807) is 0 Å². The molecule has 3 heteroatoms. The highest BCUT2D eigenvalue weighted by atomic mass is 16.3. The van der Waals surface area contributed by atoms with Gasteiger partial charge in [0.05, 0.1) is 12.3 Å². The number of aliphatic hydroxyl groups is 1. The van der Waals surface area contributed by atoms with Crippen LogP contribution in [0.3, 0.4) is 0 Å². The van der Waals surface area contributed by atoms with E-state index in [0.29, 0.717) is 0 Å². The standard InChI is InChI=1S/C16H24N2O/c1-18-10-14(9-17-18)5-15(19)16-6-11-2-12(7-16)4-13(3-11)8-16/h9-13,15,19H,2-8H2,1H3. The zero-order valence-electron chi connectivity index (χ0n) is 11.8. The van der Waals surface area contributed by atoms with Crippen molar-refractivity contribution >= 4 is 0 Å². The first-order chi connectivity index (χ1) is 9.13. The fourth-order valence-corrected chi connectivity index (χ4v) is 5.60. The van der Waals surface area contributed by atoms with Crippen molar-refractivity contribution in [1.82, 2.24) is 9.78 Å². The van der Waals surface area contributed by atoms with Crippen LogP contribution in [0.2, 0.25) is 0 Å². The third-order valence-electron chi connectivity index (χ3n) is 5.98. The van der Waals surface area contributed by atoms with E-state index in [4.69, 9.17) is 0 Å². The van der Waals surface area contributed by atoms with E-state index >= 15 is 0 Å². The lowest BCUT2D eigenvalue weighted by Crippen LogP contribution is -2.52. The van der Waals surface area contributed by atoms with Gasteiger partial charge in [-0.25, -0.2) is 0 Å². The quantitative estimate of drug-likeness (QED) is 0.907. The van der Waals surface area contributed by atoms with Crippen LogP contribution in [0.15, 0.2) is 12.4 Å². The summed E-state index contributed by atoms with van der Waals surface area (Å²) in [6.45, 7) is 0. The lowest BCUT2D eigenvalue weighted by molar-refractivity contribution is -0.119. The highest BCUT2D eigenvalue weighted by Gasteiger charge is 2.53. The minimum Gasteiger partial charge on any atom is -0.392 e. The molecule has 104 valence electrons. The summed E-state index contributed by atoms with van der Waals surface area (Å²) < 4.78 is 1.84. The van der Waals surface area contributed by atoms with Gasteiger partial charge in [-0.1, -0.05) is 0 Å². The van der Waals surface area contributed by atoms with Gasteiger partial charge in [0.25, 0.3) is 0 Å². The van der Waals surface area contributed by atoms with Crippen LogP contribution in [-0.4, -0.2) is 21.0 Å². The Bertz CT molecular complexity index is 444. The maximum absolute atomic E-state index is 10.8. The van der Waals surface area contributed by atoms with Crippen LogP contribution in [0.25, 0.3) is 0 Å². The fraction of sp³-hybridized carbons (Fsp3) is 0.812. The first-order valence-corrected chi connectivity index (χ1v) is 7.78. The van der Waals surface area contributed by atoms with E-state index in [-0.39, 0.29) is 11.5 Å². The van der Waals surface area contributed by atoms with Crippen LogP contribution in [0.1, 0.15) is 44.1 Å². The maximum Gasteiger partial charge on any atom is 0.0638 e. The van der Waals surface area contributed by atoms with Gasteiger partial charge >= 0.3 is 0 Å². The van der Waals surface area contributed by atoms with Gasteiger partial charge in [0.2, 0.25) is 0 Å². The van der Waals surface area contributed by atoms with Gasteiger partial charge in [0, 0.05) is 19.7 Å². The van der Waals surface area contributed by atoms with Crippen LogP contribution in [0, 0.1) is 23.2 Å². The molecule has 4 saturated carbocycles. The molecule has 1 heterocycles. The molecule has 0 spiro atoms. The fourth-order valence-electron chi connectivity index (χ4n) is 5.60. The normalized spacial score (nSPS) is 41.7. The van der Waals surface area contributed by atoms with Crippen LogP contribution in [0.5, 0.6) is 0 Å². The Morgan fingerprint density at radius 3 is 2.32 bits per heavy atom. The van der Waals surface area contributed by atoms with Gasteiger partial charge < -0.3 is 5.11 Å². The van der Waals surface area contributed by atoms with Crippen LogP contribution in [-0.2, 0) is 13.5 Å². The second-order valence-corrected chi connectivity index (χ2v) is 7.52. The van der Waals surface area contributed by atoms with E-state index in [2.05, 4.69) is 5.10 Å². The Morgan fingerprint density at radius 1 is 1.26 bits per heavy atom. The minimum atomic E-state index is -0.162. The highest BCUT2D eigenvalue weighted by Crippen LogP contribution is 2.61. The summed E-state index contributed by atoms with van der Waals surface area (Å²) >= 11 is 0. The molecular formula is C16H24N2O. The third kappa shape index (κ3) is 1.94. The van der Waals surface area contributed by atoms with E-state index in [0.717, 1.165) is 24.2 Å². The van der Waals surface area contributed by atoms with Crippen molar-refractivity contribution < 1.29 is 5.11 Å². The second-order valence-electron chi connectivity index (χ2n) is 7.52. The van der Waals surface area contributed by atoms with Crippen LogP contribution < -0.4 is 0 Å². The molecule has 0 radical (unpaired) electrons. The summed E-state index contributed by atoms with van der Waals surface area (Å²) in [5, 5.41) is 15.1. The number of aryl methyl sites for hydroxylation is 1. The number of hydrogen-bond donors (Lipinski definition) is 1. The van der Waals surface area contributed by atoms with Gasteiger partial charge in [0.15, 0.2) is 0 Å². The number of nitrogens with zero attached hydrogens (tertiary/aromatic N) is 2. The SMILES string of the molecule is Cn1cc(CC(O)C23CC4CC(CC(C4)C2)C3)cn1. The smallest absolute Gasteiger partial charge is 0.0638 e. The first kappa shape index (κ1) is 12.0. The predicted octanol–water partition coefficient (Wildman–Crippen LogP) is 2.54. The van der Waals surface area contributed by atoms with Crippen molar-refractivity contribution in [3.05, 3.63) is 18.0 Å². The third-order valence-corrected chi connectivity index (χ3v) is 5.98. The molecule has 0 amide bonds. The second kappa shape index (κ2) is 4.08. The summed E-state index contributed by atoms with van der Waals surface area (Å²) in [7, 11) is 1.95. The Balaban J connectivity index is 1.54. The number of aromatic nitrogens is 2. The van der Waals surface area contributed by atoms with Gasteiger partial charge in [-0.3, -0.25) is 4.68 Å². The van der Waals surface area contributed by atoms with Crippen molar-refractivity contribution in [2.45, 2.75) is 51.0 Å². The summed E-state index contributed by atoms with van der Waals surface area (Å²) in [5.41, 5.74) is 1.43. The molecule has 0 aromatic carbocycles. The lowest BCUT2D eigenvalue weighted by Gasteiger charge is -2.58. The zero-order chi connectivity index (χ0) is 13.0. The molecule has 4 bridgehead atoms. The largest absolute Gasteiger partial charge is 0.392 e. The van der Waals surface area contributed by atoms with Crippen molar-refractivity contribution in [2.24, 2.45) is 30.2 Å². The maximum atomic E-state index is 10.8. The monoisotopic (exact) mass is 260 g/mol. The Kier molecular flexibility index (Phi) is 2.57. The topological polar surface area (TPSA) is 38.0 Å². The minimum absolute atomic E-state index is 0.162. The zero-order valence-corrected chi connectivity index (χ0v) is 11.8. The average Bonchev–Trinajstić information content (AvgIpc) is 2.73. The van der Waals surface area contributed by atoms with E-state index in [1.807, 2.05) is 24.1 Å². The number of rotatable bonds is 3. The number of aliphatic hydroxyl groups excluding tert-OH is 1. The molecular weight excluding hydrogens is 236 g/mol. The molecule has 1 unspecified atom stereocenters. The summed E-state index contributed by atoms with van der Waals surface area (Å²) in [5.74, 6) is 2.74. The van der Waals surface area contributed by atoms with Crippen molar-refractivity contribution in [1.29, 1.82) is 0 Å². The molecule has 4 aliphatic carbocycles. The first-order valence-electron chi connectivity index (χ1n) is 7.78. The van der Waals surface area contributed by atoms with Gasteiger partial charge in [0.1, 0.15) is 0 Å². The molecule has 1 aromatic heterocycles. The predicted molar refractivity (Wildman–Crippen MR) is 73.5 cm³/mol. The molecule has 5 rings (SSSR count). The summed E-state index contributed by atoms with van der Waals surface area (Å²) in [4.78, 5) is 0. The highest BCUT2D eigenvalue weighted by molar-refractivity contribution is 5.10. The molecule has 4 aliphatic rings. The van der Waals surface area contributed by atoms with Gasteiger partial charge in [-0.05, 0) is 67.3 Å². The summed E-state index contributed by atoms with van der Waals surface area (Å²) in [6, 6.07) is 0. The van der Waals surface area contributed by atoms with E-state index in [1.165, 1.54) is 44.1 Å². The van der Waals surface area contributed by atoms with Crippen molar-refractivity contribution in [3.8, 4) is 0 Å². The molecule has 1 aromatic rings. The summed E-state index contributed by atoms with van der Waals surface area (Å²) in [6.07, 6.45) is 12.7. The van der Waals surface area contributed by atoms with E-state index < -0.39 is 0 Å². The Hall–Kier alpha value is -0.830. The van der Waals surface area contributed by atoms with Crippen LogP contribution >= 0.6 is 0 Å². The molecule has 0 aliphatic heterocycles. The average molecular weight is 260 g/mol. The molecule has 4 fully saturated rings. The van der Waals surface area contributed by atoms with Gasteiger partial charge in [-0.2, -0.15) is 5.10 Å². The molecule has 1 atom stereocenters. The van der Waals surface area contributed by atoms with Gasteiger partial charge in [-0.15, -0.1) is 0 Å².